The van der Waals surface area contributed by atoms with Crippen LogP contribution >= 0.6 is 0 Å². The van der Waals surface area contributed by atoms with Crippen molar-refractivity contribution in [3.63, 3.8) is 0 Å². The van der Waals surface area contributed by atoms with Crippen LogP contribution in [0.5, 0.6) is 0 Å². The highest BCUT2D eigenvalue weighted by atomic mass is 16.3. The number of amides is 1. The number of allylic oxidation sites excluding steroid dienone is 3. The van der Waals surface area contributed by atoms with E-state index >= 15 is 0 Å². The molecule has 0 aliphatic carbocycles. The molecule has 1 amide bonds. The molecule has 6 heteroatoms. The van der Waals surface area contributed by atoms with E-state index in [9.17, 15) is 9.90 Å². The number of aromatic nitrogens is 1. The van der Waals surface area contributed by atoms with Gasteiger partial charge in [0.05, 0.1) is 12.6 Å². The van der Waals surface area contributed by atoms with Crippen molar-refractivity contribution in [2.24, 2.45) is 0 Å². The molecule has 4 N–H and O–H groups in total. The summed E-state index contributed by atoms with van der Waals surface area (Å²) in [6.07, 6.45) is 8.91. The van der Waals surface area contributed by atoms with Crippen molar-refractivity contribution in [3.05, 3.63) is 96.1 Å². The van der Waals surface area contributed by atoms with Crippen molar-refractivity contribution in [1.29, 1.82) is 0 Å². The first-order chi connectivity index (χ1) is 13.3. The van der Waals surface area contributed by atoms with Crippen LogP contribution in [0.15, 0.2) is 84.9 Å². The van der Waals surface area contributed by atoms with Crippen LogP contribution in [0.2, 0.25) is 0 Å². The molecule has 27 heavy (non-hydrogen) atoms. The minimum Gasteiger partial charge on any atom is -0.394 e. The number of benzene rings is 1. The van der Waals surface area contributed by atoms with E-state index in [-0.39, 0.29) is 12.5 Å². The molecule has 1 aromatic carbocycles. The maximum Gasteiger partial charge on any atom is 0.312 e. The summed E-state index contributed by atoms with van der Waals surface area (Å²) in [5.41, 5.74) is 3.69. The normalized spacial score (nSPS) is 18.5. The van der Waals surface area contributed by atoms with Crippen LogP contribution in [0.25, 0.3) is 5.70 Å². The van der Waals surface area contributed by atoms with Crippen LogP contribution < -0.4 is 20.5 Å². The van der Waals surface area contributed by atoms with Crippen molar-refractivity contribution in [1.82, 2.24) is 16.0 Å². The summed E-state index contributed by atoms with van der Waals surface area (Å²) in [6, 6.07) is 14.8. The third kappa shape index (κ3) is 3.35. The lowest BCUT2D eigenvalue weighted by atomic mass is 10.1. The Morgan fingerprint density at radius 1 is 1.11 bits per heavy atom. The Morgan fingerprint density at radius 2 is 1.85 bits per heavy atom. The Hall–Kier alpha value is -3.38. The number of hydrogen-bond donors (Lipinski definition) is 4. The monoisotopic (exact) mass is 361 g/mol. The Balaban J connectivity index is 1.62. The molecule has 136 valence electrons. The number of aliphatic hydroxyl groups excluding tert-OH is 1. The van der Waals surface area contributed by atoms with Gasteiger partial charge in [-0.1, -0.05) is 30.3 Å². The zero-order valence-corrected chi connectivity index (χ0v) is 14.7. The zero-order valence-electron chi connectivity index (χ0n) is 14.7. The summed E-state index contributed by atoms with van der Waals surface area (Å²) >= 11 is 0. The van der Waals surface area contributed by atoms with E-state index in [0.29, 0.717) is 0 Å². The third-order valence-corrected chi connectivity index (χ3v) is 4.66. The molecule has 4 rings (SSSR count). The SMILES string of the molecule is O=C(N[C@@H](CO)c1ccccc1)C1NC(=C2C=CNC=C2)c2cccc[n+]21. The highest BCUT2D eigenvalue weighted by molar-refractivity contribution is 5.83. The Morgan fingerprint density at radius 3 is 2.59 bits per heavy atom. The fourth-order valence-electron chi connectivity index (χ4n) is 3.32. The van der Waals surface area contributed by atoms with Gasteiger partial charge in [-0.05, 0) is 23.8 Å². The van der Waals surface area contributed by atoms with Gasteiger partial charge < -0.3 is 21.1 Å². The van der Waals surface area contributed by atoms with E-state index in [1.54, 1.807) is 0 Å². The number of fused-ring (bicyclic) bond motifs is 1. The predicted octanol–water partition coefficient (Wildman–Crippen LogP) is 1.27. The summed E-state index contributed by atoms with van der Waals surface area (Å²) in [6.45, 7) is -0.167. The van der Waals surface area contributed by atoms with E-state index in [1.807, 2.05) is 83.8 Å². The van der Waals surface area contributed by atoms with Gasteiger partial charge in [0, 0.05) is 30.1 Å². The summed E-state index contributed by atoms with van der Waals surface area (Å²) in [4.78, 5) is 13.0. The maximum atomic E-state index is 13.0. The number of rotatable bonds is 4. The zero-order chi connectivity index (χ0) is 18.6. The number of aliphatic hydroxyl groups is 1. The smallest absolute Gasteiger partial charge is 0.312 e. The molecule has 2 aromatic rings. The molecule has 0 bridgehead atoms. The minimum absolute atomic E-state index is 0.167. The van der Waals surface area contributed by atoms with Crippen LogP contribution in [0.3, 0.4) is 0 Å². The average Bonchev–Trinajstić information content (AvgIpc) is 3.13. The van der Waals surface area contributed by atoms with E-state index < -0.39 is 12.2 Å². The van der Waals surface area contributed by atoms with E-state index in [1.165, 1.54) is 0 Å². The van der Waals surface area contributed by atoms with Crippen LogP contribution in [0, 0.1) is 0 Å². The fourth-order valence-corrected chi connectivity index (χ4v) is 3.32. The second-order valence-corrected chi connectivity index (χ2v) is 6.36. The number of carbonyl (C=O) groups is 1. The van der Waals surface area contributed by atoms with Crippen molar-refractivity contribution < 1.29 is 14.5 Å². The van der Waals surface area contributed by atoms with Gasteiger partial charge in [-0.25, -0.2) is 0 Å². The number of hydrogen-bond acceptors (Lipinski definition) is 4. The number of dihydropyridines is 1. The largest absolute Gasteiger partial charge is 0.394 e. The van der Waals surface area contributed by atoms with Gasteiger partial charge in [0.2, 0.25) is 5.69 Å². The molecule has 2 aliphatic heterocycles. The van der Waals surface area contributed by atoms with Gasteiger partial charge in [0.1, 0.15) is 5.70 Å². The molecule has 2 aliphatic rings. The molecule has 1 aromatic heterocycles. The van der Waals surface area contributed by atoms with Crippen LogP contribution in [-0.2, 0) is 4.79 Å². The molecule has 1 unspecified atom stereocenters. The summed E-state index contributed by atoms with van der Waals surface area (Å²) < 4.78 is 1.90. The van der Waals surface area contributed by atoms with Crippen molar-refractivity contribution in [2.45, 2.75) is 12.2 Å². The molecule has 0 saturated heterocycles. The third-order valence-electron chi connectivity index (χ3n) is 4.66. The standard InChI is InChI=1S/C21H20N4O2/c26-14-17(15-6-2-1-3-7-15)23-21(27)20-24-19(16-9-11-22-12-10-16)18-8-4-5-13-25(18)20/h1-13,17,20,24,26H,14H2,(H,23,27)/p+1/t17-,20?/m0/s1. The highest BCUT2D eigenvalue weighted by Crippen LogP contribution is 2.24. The first kappa shape index (κ1) is 17.1. The number of carbonyl (C=O) groups excluding carboxylic acids is 1. The van der Waals surface area contributed by atoms with E-state index in [0.717, 1.165) is 22.5 Å². The minimum atomic E-state index is -0.585. The highest BCUT2D eigenvalue weighted by Gasteiger charge is 2.40. The van der Waals surface area contributed by atoms with Gasteiger partial charge in [-0.15, -0.1) is 0 Å². The van der Waals surface area contributed by atoms with E-state index in [4.69, 9.17) is 0 Å². The van der Waals surface area contributed by atoms with Crippen LogP contribution in [0.1, 0.15) is 23.5 Å². The Kier molecular flexibility index (Phi) is 4.72. The Labute approximate surface area is 157 Å². The Bertz CT molecular complexity index is 920. The number of nitrogens with one attached hydrogen (secondary N) is 3. The lowest BCUT2D eigenvalue weighted by molar-refractivity contribution is -0.705. The molecule has 0 spiro atoms. The lowest BCUT2D eigenvalue weighted by Crippen LogP contribution is -2.51. The van der Waals surface area contributed by atoms with E-state index in [2.05, 4.69) is 16.0 Å². The first-order valence-corrected chi connectivity index (χ1v) is 8.84. The molecular weight excluding hydrogens is 340 g/mol. The summed E-state index contributed by atoms with van der Waals surface area (Å²) in [5, 5.41) is 19.0. The number of pyridine rings is 1. The van der Waals surface area contributed by atoms with Crippen LogP contribution in [-0.4, -0.2) is 17.6 Å². The first-order valence-electron chi connectivity index (χ1n) is 8.84. The molecule has 6 nitrogen and oxygen atoms in total. The van der Waals surface area contributed by atoms with Crippen LogP contribution in [0.4, 0.5) is 0 Å². The molecule has 2 atom stereocenters. The second-order valence-electron chi connectivity index (χ2n) is 6.36. The molecule has 0 radical (unpaired) electrons. The summed E-state index contributed by atoms with van der Waals surface area (Å²) in [7, 11) is 0. The fraction of sp³-hybridized carbons (Fsp3) is 0.143. The van der Waals surface area contributed by atoms with Crippen molar-refractivity contribution >= 4 is 11.6 Å². The van der Waals surface area contributed by atoms with Gasteiger partial charge in [-0.2, -0.15) is 4.57 Å². The molecule has 3 heterocycles. The molecular formula is C21H21N4O2+. The van der Waals surface area contributed by atoms with Gasteiger partial charge >= 0.3 is 12.1 Å². The van der Waals surface area contributed by atoms with Gasteiger partial charge in [-0.3, -0.25) is 4.79 Å². The number of nitrogens with zero attached hydrogens (tertiary/aromatic N) is 1. The second kappa shape index (κ2) is 7.47. The van der Waals surface area contributed by atoms with Gasteiger partial charge in [0.15, 0.2) is 6.20 Å². The average molecular weight is 361 g/mol. The van der Waals surface area contributed by atoms with Crippen molar-refractivity contribution in [3.8, 4) is 0 Å². The maximum absolute atomic E-state index is 13.0. The lowest BCUT2D eigenvalue weighted by Gasteiger charge is -2.18. The summed E-state index contributed by atoms with van der Waals surface area (Å²) in [5.74, 6) is -0.201. The quantitative estimate of drug-likeness (QED) is 0.619. The van der Waals surface area contributed by atoms with Gasteiger partial charge in [0.25, 0.3) is 0 Å². The van der Waals surface area contributed by atoms with Crippen molar-refractivity contribution in [2.75, 3.05) is 6.61 Å². The predicted molar refractivity (Wildman–Crippen MR) is 102 cm³/mol. The molecule has 0 saturated carbocycles. The molecule has 0 fully saturated rings. The topological polar surface area (TPSA) is 77.3 Å².